The lowest BCUT2D eigenvalue weighted by Gasteiger charge is -2.08. The summed E-state index contributed by atoms with van der Waals surface area (Å²) in [4.78, 5) is 1.19. The van der Waals surface area contributed by atoms with Gasteiger partial charge in [0.05, 0.1) is 0 Å². The van der Waals surface area contributed by atoms with E-state index in [-0.39, 0.29) is 5.84 Å². The van der Waals surface area contributed by atoms with Gasteiger partial charge in [0.15, 0.2) is 0 Å². The van der Waals surface area contributed by atoms with E-state index in [4.69, 9.17) is 11.1 Å². The van der Waals surface area contributed by atoms with Crippen LogP contribution in [0.5, 0.6) is 0 Å². The fourth-order valence-corrected chi connectivity index (χ4v) is 2.50. The largest absolute Gasteiger partial charge is 0.384 e. The number of nitrogen functional groups attached to an aromatic ring is 1. The molecule has 3 N–H and O–H groups in total. The average Bonchev–Trinajstić information content (AvgIpc) is 2.07. The number of hydrogen-bond donors (Lipinski definition) is 2. The van der Waals surface area contributed by atoms with Gasteiger partial charge in [0.25, 0.3) is 0 Å². The van der Waals surface area contributed by atoms with E-state index in [1.54, 1.807) is 11.8 Å². The Morgan fingerprint density at radius 3 is 2.57 bits per heavy atom. The van der Waals surface area contributed by atoms with Crippen molar-refractivity contribution in [2.45, 2.75) is 24.0 Å². The van der Waals surface area contributed by atoms with Crippen molar-refractivity contribution in [3.05, 3.63) is 28.2 Å². The molecule has 2 nitrogen and oxygen atoms in total. The van der Waals surface area contributed by atoms with Crippen molar-refractivity contribution >= 4 is 33.5 Å². The first-order chi connectivity index (χ1) is 6.50. The zero-order chi connectivity index (χ0) is 10.7. The Hall–Kier alpha value is -0.480. The number of benzene rings is 1. The van der Waals surface area contributed by atoms with E-state index in [2.05, 4.69) is 29.8 Å². The molecule has 0 saturated heterocycles. The van der Waals surface area contributed by atoms with E-state index < -0.39 is 0 Å². The molecule has 0 fully saturated rings. The first kappa shape index (κ1) is 11.6. The molecule has 76 valence electrons. The highest BCUT2D eigenvalue weighted by Crippen LogP contribution is 2.30. The predicted molar refractivity (Wildman–Crippen MR) is 66.2 cm³/mol. The summed E-state index contributed by atoms with van der Waals surface area (Å²) in [6.07, 6.45) is 0. The molecule has 0 radical (unpaired) electrons. The Labute approximate surface area is 96.9 Å². The number of hydrogen-bond acceptors (Lipinski definition) is 2. The minimum absolute atomic E-state index is 0.104. The Kier molecular flexibility index (Phi) is 4.01. The number of halogens is 1. The van der Waals surface area contributed by atoms with Crippen molar-refractivity contribution in [1.29, 1.82) is 5.41 Å². The van der Waals surface area contributed by atoms with Gasteiger partial charge in [-0.25, -0.2) is 0 Å². The number of nitrogens with one attached hydrogen (secondary N) is 1. The second-order valence-corrected chi connectivity index (χ2v) is 5.70. The van der Waals surface area contributed by atoms with Crippen LogP contribution >= 0.6 is 27.7 Å². The van der Waals surface area contributed by atoms with Crippen molar-refractivity contribution < 1.29 is 0 Å². The molecular formula is C10H13BrN2S. The van der Waals surface area contributed by atoms with Crippen molar-refractivity contribution in [3.63, 3.8) is 0 Å². The second-order valence-electron chi connectivity index (χ2n) is 3.23. The van der Waals surface area contributed by atoms with E-state index in [1.807, 2.05) is 18.2 Å². The third kappa shape index (κ3) is 3.03. The van der Waals surface area contributed by atoms with Crippen LogP contribution in [0.2, 0.25) is 0 Å². The van der Waals surface area contributed by atoms with Gasteiger partial charge in [-0.3, -0.25) is 5.41 Å². The summed E-state index contributed by atoms with van der Waals surface area (Å²) < 4.78 is 1.00. The van der Waals surface area contributed by atoms with Crippen molar-refractivity contribution in [2.75, 3.05) is 0 Å². The van der Waals surface area contributed by atoms with Crippen LogP contribution in [0.4, 0.5) is 0 Å². The monoisotopic (exact) mass is 272 g/mol. The van der Waals surface area contributed by atoms with E-state index in [0.717, 1.165) is 10.0 Å². The summed E-state index contributed by atoms with van der Waals surface area (Å²) in [6.45, 7) is 4.30. The van der Waals surface area contributed by atoms with Crippen molar-refractivity contribution in [1.82, 2.24) is 0 Å². The molecule has 1 aromatic rings. The number of nitrogens with two attached hydrogens (primary N) is 1. The molecule has 0 heterocycles. The SMILES string of the molecule is CC(C)Sc1ccc(C(=N)N)cc1Br. The number of amidine groups is 1. The van der Waals surface area contributed by atoms with Crippen LogP contribution in [-0.2, 0) is 0 Å². The van der Waals surface area contributed by atoms with Crippen LogP contribution in [0.3, 0.4) is 0 Å². The number of thioether (sulfide) groups is 1. The smallest absolute Gasteiger partial charge is 0.122 e. The van der Waals surface area contributed by atoms with Crippen LogP contribution < -0.4 is 5.73 Å². The minimum Gasteiger partial charge on any atom is -0.384 e. The molecule has 0 bridgehead atoms. The zero-order valence-corrected chi connectivity index (χ0v) is 10.6. The van der Waals surface area contributed by atoms with Crippen LogP contribution in [-0.4, -0.2) is 11.1 Å². The van der Waals surface area contributed by atoms with Gasteiger partial charge in [0, 0.05) is 20.2 Å². The van der Waals surface area contributed by atoms with Gasteiger partial charge in [-0.05, 0) is 28.1 Å². The maximum Gasteiger partial charge on any atom is 0.122 e. The molecule has 0 aliphatic heterocycles. The Morgan fingerprint density at radius 1 is 1.50 bits per heavy atom. The topological polar surface area (TPSA) is 49.9 Å². The quantitative estimate of drug-likeness (QED) is 0.504. The molecule has 0 spiro atoms. The van der Waals surface area contributed by atoms with E-state index in [9.17, 15) is 0 Å². The highest BCUT2D eigenvalue weighted by atomic mass is 79.9. The Bertz CT molecular complexity index is 350. The van der Waals surface area contributed by atoms with Gasteiger partial charge >= 0.3 is 0 Å². The maximum atomic E-state index is 7.29. The zero-order valence-electron chi connectivity index (χ0n) is 8.17. The summed E-state index contributed by atoms with van der Waals surface area (Å²) in [7, 11) is 0. The van der Waals surface area contributed by atoms with E-state index in [1.165, 1.54) is 4.90 Å². The second kappa shape index (κ2) is 4.84. The molecule has 0 atom stereocenters. The van der Waals surface area contributed by atoms with Gasteiger partial charge in [0.1, 0.15) is 5.84 Å². The molecule has 0 aromatic heterocycles. The van der Waals surface area contributed by atoms with Gasteiger partial charge in [-0.1, -0.05) is 19.9 Å². The minimum atomic E-state index is 0.104. The fraction of sp³-hybridized carbons (Fsp3) is 0.300. The van der Waals surface area contributed by atoms with Gasteiger partial charge < -0.3 is 5.73 Å². The Balaban J connectivity index is 2.95. The molecule has 1 rings (SSSR count). The molecule has 0 amide bonds. The lowest BCUT2D eigenvalue weighted by molar-refractivity contribution is 1.11. The standard InChI is InChI=1S/C10H13BrN2S/c1-6(2)14-9-4-3-7(10(12)13)5-8(9)11/h3-6H,1-2H3,(H3,12,13). The van der Waals surface area contributed by atoms with Crippen LogP contribution in [0.1, 0.15) is 19.4 Å². The number of rotatable bonds is 3. The summed E-state index contributed by atoms with van der Waals surface area (Å²) in [6, 6.07) is 5.75. The van der Waals surface area contributed by atoms with Crippen molar-refractivity contribution in [3.8, 4) is 0 Å². The average molecular weight is 273 g/mol. The van der Waals surface area contributed by atoms with Gasteiger partial charge in [-0.15, -0.1) is 11.8 Å². The summed E-state index contributed by atoms with van der Waals surface area (Å²) in [5, 5.41) is 7.84. The van der Waals surface area contributed by atoms with E-state index in [0.29, 0.717) is 5.25 Å². The summed E-state index contributed by atoms with van der Waals surface area (Å²) >= 11 is 5.26. The maximum absolute atomic E-state index is 7.29. The Morgan fingerprint density at radius 2 is 2.14 bits per heavy atom. The molecular weight excluding hydrogens is 260 g/mol. The molecule has 4 heteroatoms. The van der Waals surface area contributed by atoms with Crippen LogP contribution in [0.15, 0.2) is 27.6 Å². The molecule has 14 heavy (non-hydrogen) atoms. The third-order valence-corrected chi connectivity index (χ3v) is 3.61. The van der Waals surface area contributed by atoms with Gasteiger partial charge in [-0.2, -0.15) is 0 Å². The summed E-state index contributed by atoms with van der Waals surface area (Å²) in [5.74, 6) is 0.104. The molecule has 0 aliphatic rings. The lowest BCUT2D eigenvalue weighted by Crippen LogP contribution is -2.10. The first-order valence-corrected chi connectivity index (χ1v) is 5.98. The highest BCUT2D eigenvalue weighted by Gasteiger charge is 2.05. The normalized spacial score (nSPS) is 10.6. The first-order valence-electron chi connectivity index (χ1n) is 4.31. The van der Waals surface area contributed by atoms with E-state index >= 15 is 0 Å². The molecule has 0 saturated carbocycles. The molecule has 0 aliphatic carbocycles. The molecule has 0 unspecified atom stereocenters. The summed E-state index contributed by atoms with van der Waals surface area (Å²) in [5.41, 5.74) is 6.14. The van der Waals surface area contributed by atoms with Crippen LogP contribution in [0, 0.1) is 5.41 Å². The highest BCUT2D eigenvalue weighted by molar-refractivity contribution is 9.10. The van der Waals surface area contributed by atoms with Gasteiger partial charge in [0.2, 0.25) is 0 Å². The third-order valence-electron chi connectivity index (χ3n) is 1.61. The fourth-order valence-electron chi connectivity index (χ4n) is 1.02. The molecule has 1 aromatic carbocycles. The van der Waals surface area contributed by atoms with Crippen LogP contribution in [0.25, 0.3) is 0 Å². The van der Waals surface area contributed by atoms with Crippen molar-refractivity contribution in [2.24, 2.45) is 5.73 Å². The predicted octanol–water partition coefficient (Wildman–Crippen LogP) is 3.23. The lowest BCUT2D eigenvalue weighted by atomic mass is 10.2.